The van der Waals surface area contributed by atoms with Gasteiger partial charge < -0.3 is 25.0 Å². The van der Waals surface area contributed by atoms with Crippen molar-refractivity contribution in [2.75, 3.05) is 24.8 Å². The summed E-state index contributed by atoms with van der Waals surface area (Å²) in [6, 6.07) is 0. The first-order valence-electron chi connectivity index (χ1n) is 11.7. The molecule has 1 aliphatic rings. The van der Waals surface area contributed by atoms with Gasteiger partial charge in [0.1, 0.15) is 18.5 Å². The van der Waals surface area contributed by atoms with E-state index < -0.39 is 24.5 Å². The second-order valence-electron chi connectivity index (χ2n) is 8.60. The number of carbonyl (C=O) groups is 1. The number of aliphatic hydroxyl groups excluding tert-OH is 2. The standard InChI is InChI=1S/C20H31N5O4S2.CH4O/c1-11(2)18(27)24-16-13-17(22-9-21-16)25(10-23-13)19-15(14(26)12(3)29-19)28-7-8-30-31-20(4,5)6;1-2/h9-12,14-15,19,26H,7-8H2,1-6H3,(H,21,22,24,27);2H,1H3/i3D;2T. The number of anilines is 1. The largest absolute Gasteiger partial charge is 0.400 e. The van der Waals surface area contributed by atoms with Crippen LogP contribution in [0.3, 0.4) is 0 Å². The molecule has 2 aromatic rings. The number of nitrogens with zero attached hydrogens (tertiary/aromatic N) is 4. The average molecular weight is 505 g/mol. The van der Waals surface area contributed by atoms with E-state index in [2.05, 4.69) is 46.1 Å². The molecule has 0 bridgehead atoms. The molecule has 4 atom stereocenters. The number of ether oxygens (including phenoxy) is 2. The zero-order chi connectivity index (χ0) is 26.2. The molecular formula is C21H35N5O5S2. The Bertz CT molecular complexity index is 946. The first-order chi connectivity index (χ1) is 16.5. The highest BCUT2D eigenvalue weighted by atomic mass is 33.1. The van der Waals surface area contributed by atoms with Gasteiger partial charge in [-0.3, -0.25) is 9.36 Å². The number of carbonyl (C=O) groups excluding carboxylic acids is 1. The first-order valence-corrected chi connectivity index (χ1v) is 12.9. The Morgan fingerprint density at radius 1 is 1.45 bits per heavy atom. The molecule has 4 unspecified atom stereocenters. The summed E-state index contributed by atoms with van der Waals surface area (Å²) in [5.74, 6) is 0.686. The quantitative estimate of drug-likeness (QED) is 0.364. The summed E-state index contributed by atoms with van der Waals surface area (Å²) in [6.45, 7) is 10.4. The highest BCUT2D eigenvalue weighted by molar-refractivity contribution is 8.77. The van der Waals surface area contributed by atoms with E-state index >= 15 is 0 Å². The predicted molar refractivity (Wildman–Crippen MR) is 132 cm³/mol. The second-order valence-corrected chi connectivity index (χ2v) is 11.8. The second kappa shape index (κ2) is 12.3. The predicted octanol–water partition coefficient (Wildman–Crippen LogP) is 2.87. The van der Waals surface area contributed by atoms with Gasteiger partial charge in [0.15, 0.2) is 23.2 Å². The number of aromatic nitrogens is 4. The number of aliphatic hydroxyl groups is 2. The molecule has 2 aromatic heterocycles. The fourth-order valence-electron chi connectivity index (χ4n) is 2.95. The molecule has 1 fully saturated rings. The van der Waals surface area contributed by atoms with Crippen LogP contribution in [0.1, 0.15) is 49.1 Å². The van der Waals surface area contributed by atoms with Crippen molar-refractivity contribution in [3.05, 3.63) is 12.7 Å². The Kier molecular flexibility index (Phi) is 9.21. The molecule has 1 amide bonds. The summed E-state index contributed by atoms with van der Waals surface area (Å²) < 4.78 is 27.2. The van der Waals surface area contributed by atoms with E-state index in [4.69, 9.17) is 12.3 Å². The summed E-state index contributed by atoms with van der Waals surface area (Å²) in [6.07, 6.45) is -0.117. The zero-order valence-corrected chi connectivity index (χ0v) is 21.5. The van der Waals surface area contributed by atoms with Crippen molar-refractivity contribution < 1.29 is 25.9 Å². The summed E-state index contributed by atoms with van der Waals surface area (Å²) >= 11 is 0. The van der Waals surface area contributed by atoms with Crippen molar-refractivity contribution in [3.63, 3.8) is 0 Å². The first kappa shape index (κ1) is 24.7. The van der Waals surface area contributed by atoms with E-state index in [1.807, 2.05) is 0 Å². The molecule has 1 saturated heterocycles. The number of amides is 1. The van der Waals surface area contributed by atoms with E-state index in [1.54, 1.807) is 40.0 Å². The molecule has 0 saturated carbocycles. The third-order valence-electron chi connectivity index (χ3n) is 4.50. The van der Waals surface area contributed by atoms with Gasteiger partial charge in [-0.2, -0.15) is 0 Å². The smallest absolute Gasteiger partial charge is 0.228 e. The van der Waals surface area contributed by atoms with E-state index in [-0.39, 0.29) is 23.5 Å². The van der Waals surface area contributed by atoms with Gasteiger partial charge in [-0.1, -0.05) is 56.2 Å². The lowest BCUT2D eigenvalue weighted by atomic mass is 10.1. The fourth-order valence-corrected chi connectivity index (χ4v) is 5.07. The van der Waals surface area contributed by atoms with Crippen molar-refractivity contribution in [2.45, 2.75) is 70.8 Å². The summed E-state index contributed by atoms with van der Waals surface area (Å²) in [4.78, 5) is 25.0. The van der Waals surface area contributed by atoms with Crippen molar-refractivity contribution in [1.82, 2.24) is 19.5 Å². The summed E-state index contributed by atoms with van der Waals surface area (Å²) in [7, 11) is 4.78. The van der Waals surface area contributed by atoms with Crippen LogP contribution < -0.4 is 5.32 Å². The Balaban J connectivity index is 0.00000137. The van der Waals surface area contributed by atoms with Crippen molar-refractivity contribution >= 4 is 44.5 Å². The third kappa shape index (κ3) is 7.27. The third-order valence-corrected chi connectivity index (χ3v) is 7.80. The Labute approximate surface area is 205 Å². The van der Waals surface area contributed by atoms with Crippen molar-refractivity contribution in [1.29, 1.82) is 1.43 Å². The highest BCUT2D eigenvalue weighted by Gasteiger charge is 2.44. The van der Waals surface area contributed by atoms with Crippen LogP contribution in [0, 0.1) is 5.92 Å². The maximum Gasteiger partial charge on any atom is 0.228 e. The van der Waals surface area contributed by atoms with Gasteiger partial charge in [-0.15, -0.1) is 0 Å². The minimum atomic E-state index is -0.947. The van der Waals surface area contributed by atoms with Crippen LogP contribution in [0.2, 0.25) is 0 Å². The number of nitrogens with one attached hydrogen (secondary N) is 1. The maximum absolute atomic E-state index is 12.1. The van der Waals surface area contributed by atoms with E-state index in [0.717, 1.165) is 5.75 Å². The van der Waals surface area contributed by atoms with Gasteiger partial charge in [0.05, 0.1) is 19.0 Å². The Morgan fingerprint density at radius 2 is 2.18 bits per heavy atom. The minimum absolute atomic E-state index is 0.0938. The lowest BCUT2D eigenvalue weighted by Crippen LogP contribution is -2.34. The Hall–Kier alpha value is -1.44. The summed E-state index contributed by atoms with van der Waals surface area (Å²) in [5, 5.41) is 17.0. The van der Waals surface area contributed by atoms with Crippen LogP contribution in [0.25, 0.3) is 11.2 Å². The van der Waals surface area contributed by atoms with Crippen LogP contribution in [0.5, 0.6) is 0 Å². The zero-order valence-electron chi connectivity index (χ0n) is 21.8. The average Bonchev–Trinajstić information content (AvgIpc) is 3.35. The molecule has 3 rings (SSSR count). The molecule has 0 aromatic carbocycles. The monoisotopic (exact) mass is 504 g/mol. The molecule has 0 aliphatic carbocycles. The van der Waals surface area contributed by atoms with E-state index in [1.165, 1.54) is 19.8 Å². The summed E-state index contributed by atoms with van der Waals surface area (Å²) in [5.41, 5.74) is 0.873. The van der Waals surface area contributed by atoms with Gasteiger partial charge in [0, 0.05) is 24.9 Å². The van der Waals surface area contributed by atoms with Crippen LogP contribution >= 0.6 is 21.6 Å². The van der Waals surface area contributed by atoms with Crippen LogP contribution in [0.15, 0.2) is 12.7 Å². The fraction of sp³-hybridized carbons (Fsp3) is 0.714. The Morgan fingerprint density at radius 3 is 2.82 bits per heavy atom. The highest BCUT2D eigenvalue weighted by Crippen LogP contribution is 2.36. The van der Waals surface area contributed by atoms with Crippen LogP contribution in [-0.4, -0.2) is 79.6 Å². The molecule has 12 heteroatoms. The van der Waals surface area contributed by atoms with Gasteiger partial charge in [-0.05, 0) is 6.90 Å². The number of fused-ring (bicyclic) bond motifs is 1. The topological polar surface area (TPSA) is 132 Å². The van der Waals surface area contributed by atoms with Gasteiger partial charge in [-0.25, -0.2) is 15.0 Å². The molecular weight excluding hydrogens is 466 g/mol. The van der Waals surface area contributed by atoms with Gasteiger partial charge in [0.2, 0.25) is 7.34 Å². The number of imidazole rings is 1. The number of hydrogen-bond donors (Lipinski definition) is 3. The molecule has 186 valence electrons. The maximum atomic E-state index is 12.1. The van der Waals surface area contributed by atoms with Gasteiger partial charge >= 0.3 is 0 Å². The molecule has 0 spiro atoms. The normalized spacial score (nSPS) is 23.8. The van der Waals surface area contributed by atoms with E-state index in [0.29, 0.717) is 23.6 Å². The SMILES string of the molecule is [2H]CC1OC(n2cnc3c(NC(=O)C(C)C)ncnc32)C(OCCSSC(C)(C)C)C1O.[3H]OC. The molecule has 3 heterocycles. The molecule has 33 heavy (non-hydrogen) atoms. The molecule has 1 aliphatic heterocycles. The molecule has 3 N–H and O–H groups in total. The lowest BCUT2D eigenvalue weighted by Gasteiger charge is -2.22. The molecule has 0 radical (unpaired) electrons. The lowest BCUT2D eigenvalue weighted by molar-refractivity contribution is -0.118. The van der Waals surface area contributed by atoms with E-state index in [9.17, 15) is 9.90 Å². The van der Waals surface area contributed by atoms with Crippen LogP contribution in [-0.2, 0) is 14.3 Å². The van der Waals surface area contributed by atoms with Crippen molar-refractivity contribution in [3.8, 4) is 0 Å². The number of rotatable bonds is 8. The van der Waals surface area contributed by atoms with Crippen molar-refractivity contribution in [2.24, 2.45) is 5.92 Å². The van der Waals surface area contributed by atoms with Crippen LogP contribution in [0.4, 0.5) is 5.82 Å². The number of hydrogen-bond acceptors (Lipinski definition) is 10. The minimum Gasteiger partial charge on any atom is -0.400 e. The van der Waals surface area contributed by atoms with Gasteiger partial charge in [0.25, 0.3) is 0 Å². The molecule has 10 nitrogen and oxygen atoms in total.